The van der Waals surface area contributed by atoms with Gasteiger partial charge in [0.1, 0.15) is 11.6 Å². The van der Waals surface area contributed by atoms with E-state index in [9.17, 15) is 9.59 Å². The molecule has 0 radical (unpaired) electrons. The van der Waals surface area contributed by atoms with Crippen molar-refractivity contribution in [2.24, 2.45) is 11.8 Å². The fourth-order valence-corrected chi connectivity index (χ4v) is 6.61. The number of unbranched alkanes of at least 4 members (excludes halogenated alkanes) is 4. The molecule has 0 aromatic carbocycles. The summed E-state index contributed by atoms with van der Waals surface area (Å²) in [6.07, 6.45) is 33.4. The first-order valence-corrected chi connectivity index (χ1v) is 18.1. The van der Waals surface area contributed by atoms with Gasteiger partial charge in [0, 0.05) is 35.3 Å². The molecule has 4 aliphatic rings. The van der Waals surface area contributed by atoms with E-state index in [0.29, 0.717) is 23.4 Å². The second-order valence-corrected chi connectivity index (χ2v) is 13.0. The van der Waals surface area contributed by atoms with Gasteiger partial charge in [-0.3, -0.25) is 9.59 Å². The Morgan fingerprint density at radius 2 is 0.651 bits per heavy atom. The van der Waals surface area contributed by atoms with Crippen LogP contribution in [0.2, 0.25) is 0 Å². The van der Waals surface area contributed by atoms with Crippen molar-refractivity contribution < 1.29 is 43.7 Å². The summed E-state index contributed by atoms with van der Waals surface area (Å²) in [5.41, 5.74) is 0. The van der Waals surface area contributed by atoms with Crippen molar-refractivity contribution in [2.45, 2.75) is 174 Å². The van der Waals surface area contributed by atoms with Crippen molar-refractivity contribution >= 4 is 43.4 Å². The number of alkyl halides is 2. The van der Waals surface area contributed by atoms with E-state index in [1.807, 2.05) is 0 Å². The van der Waals surface area contributed by atoms with Gasteiger partial charge in [0.15, 0.2) is 0 Å². The topological polar surface area (TPSA) is 34.1 Å². The predicted octanol–water partition coefficient (Wildman–Crippen LogP) is 13.7. The predicted molar refractivity (Wildman–Crippen MR) is 197 cm³/mol. The molecule has 0 amide bonds. The summed E-state index contributed by atoms with van der Waals surface area (Å²) in [4.78, 5) is 23.2. The van der Waals surface area contributed by atoms with Crippen molar-refractivity contribution in [3.8, 4) is 0 Å². The van der Waals surface area contributed by atoms with Crippen molar-refractivity contribution in [3.63, 3.8) is 0 Å². The zero-order chi connectivity index (χ0) is 26.1. The molecule has 4 rings (SSSR count). The van der Waals surface area contributed by atoms with Crippen LogP contribution < -0.4 is 0 Å². The smallest absolute Gasteiger partial charge is 0.358 e. The molecule has 6 heteroatoms. The van der Waals surface area contributed by atoms with E-state index in [0.717, 1.165) is 62.0 Å². The van der Waals surface area contributed by atoms with Crippen LogP contribution in [0, 0.1) is 41.5 Å². The van der Waals surface area contributed by atoms with E-state index in [1.165, 1.54) is 116 Å². The molecule has 0 bridgehead atoms. The van der Waals surface area contributed by atoms with Crippen LogP contribution in [0.3, 0.4) is 0 Å². The summed E-state index contributed by atoms with van der Waals surface area (Å²) >= 11 is 6.80. The third-order valence-corrected chi connectivity index (χ3v) is 9.36. The minimum atomic E-state index is 0. The number of hydrogen-bond acceptors (Lipinski definition) is 2. The van der Waals surface area contributed by atoms with Gasteiger partial charge < -0.3 is 29.7 Å². The Kier molecular flexibility index (Phi) is 63.2. The summed E-state index contributed by atoms with van der Waals surface area (Å²) in [5.74, 6) is 1.94. The standard InChI is InChI=1S/2C11H19BrO.2C5H10.CH4.4CH3.2Fe/c2*12-9-5-1-2-8-11(13)10-6-3-4-7-10;2*1-2-4-5-3-1;;;;;;;/h2*10H,1-9H2;2*1-5H2;1H4;4*1H3;;/q;;;;;4*-1;2*+2. The number of ketones is 2. The summed E-state index contributed by atoms with van der Waals surface area (Å²) in [6.45, 7) is 0. The van der Waals surface area contributed by atoms with Crippen LogP contribution in [0.1, 0.15) is 174 Å². The summed E-state index contributed by atoms with van der Waals surface area (Å²) in [6, 6.07) is 0. The van der Waals surface area contributed by atoms with E-state index in [2.05, 4.69) is 31.9 Å². The molecule has 0 atom stereocenters. The molecule has 4 aliphatic carbocycles. The summed E-state index contributed by atoms with van der Waals surface area (Å²) in [7, 11) is 0. The third kappa shape index (κ3) is 36.0. The molecule has 0 spiro atoms. The van der Waals surface area contributed by atoms with Gasteiger partial charge in [0.25, 0.3) is 0 Å². The van der Waals surface area contributed by atoms with E-state index < -0.39 is 0 Å². The van der Waals surface area contributed by atoms with Crippen molar-refractivity contribution in [3.05, 3.63) is 29.7 Å². The summed E-state index contributed by atoms with van der Waals surface area (Å²) < 4.78 is 0. The number of carbonyl (C=O) groups excluding carboxylic acids is 2. The largest absolute Gasteiger partial charge is 2.00 e. The second-order valence-electron chi connectivity index (χ2n) is 11.4. The minimum Gasteiger partial charge on any atom is -0.358 e. The van der Waals surface area contributed by atoms with E-state index in [-0.39, 0.29) is 71.3 Å². The third-order valence-electron chi connectivity index (χ3n) is 8.23. The molecule has 0 aromatic heterocycles. The molecule has 0 aliphatic heterocycles. The van der Waals surface area contributed by atoms with Crippen LogP contribution in [0.15, 0.2) is 0 Å². The second kappa shape index (κ2) is 45.5. The van der Waals surface area contributed by atoms with Gasteiger partial charge in [0.05, 0.1) is 0 Å². The fraction of sp³-hybridized carbons (Fsp3) is 0.838. The average molecular weight is 822 g/mol. The molecule has 0 aromatic rings. The van der Waals surface area contributed by atoms with Gasteiger partial charge in [-0.1, -0.05) is 142 Å². The number of carbonyl (C=O) groups is 2. The molecular weight excluding hydrogens is 748 g/mol. The Bertz CT molecular complexity index is 454. The monoisotopic (exact) mass is 820 g/mol. The Morgan fingerprint density at radius 3 is 0.860 bits per heavy atom. The number of rotatable bonds is 12. The Balaban J connectivity index is -0.0000000813. The SMILES string of the molecule is C.C1CCCC1.C1CCCC1.O=C(CCCCCBr)C1CCCC1.O=C(CCCCCBr)C1CCCC1.[CH3-].[CH3-].[CH3-].[CH3-].[Fe+2].[Fe+2]. The van der Waals surface area contributed by atoms with Crippen LogP contribution >= 0.6 is 31.9 Å². The number of hydrogen-bond donors (Lipinski definition) is 0. The van der Waals surface area contributed by atoms with E-state index >= 15 is 0 Å². The molecule has 4 saturated carbocycles. The first-order chi connectivity index (χ1) is 17.7. The molecule has 43 heavy (non-hydrogen) atoms. The van der Waals surface area contributed by atoms with Crippen LogP contribution in [-0.2, 0) is 43.7 Å². The maximum absolute atomic E-state index is 11.6. The maximum Gasteiger partial charge on any atom is 2.00 e. The molecule has 0 unspecified atom stereocenters. The van der Waals surface area contributed by atoms with Crippen molar-refractivity contribution in [1.29, 1.82) is 0 Å². The molecule has 264 valence electrons. The van der Waals surface area contributed by atoms with E-state index in [1.54, 1.807) is 0 Å². The van der Waals surface area contributed by atoms with Crippen molar-refractivity contribution in [2.75, 3.05) is 10.7 Å². The van der Waals surface area contributed by atoms with Gasteiger partial charge in [-0.05, 0) is 51.4 Å². The quantitative estimate of drug-likeness (QED) is 0.0850. The van der Waals surface area contributed by atoms with Gasteiger partial charge in [0.2, 0.25) is 0 Å². The van der Waals surface area contributed by atoms with Crippen LogP contribution in [0.25, 0.3) is 0 Å². The zero-order valence-corrected chi connectivity index (χ0v) is 33.6. The number of Topliss-reactive ketones (excluding diaryl/α,β-unsaturated/α-hetero) is 2. The van der Waals surface area contributed by atoms with Crippen LogP contribution in [-0.4, -0.2) is 22.2 Å². The van der Waals surface area contributed by atoms with E-state index in [4.69, 9.17) is 0 Å². The van der Waals surface area contributed by atoms with Gasteiger partial charge in [-0.25, -0.2) is 0 Å². The molecule has 0 N–H and O–H groups in total. The summed E-state index contributed by atoms with van der Waals surface area (Å²) in [5, 5.41) is 2.15. The first-order valence-electron chi connectivity index (χ1n) is 15.9. The number of halogens is 2. The molecule has 0 heterocycles. The maximum atomic E-state index is 11.6. The normalized spacial score (nSPS) is 16.4. The molecule has 0 saturated heterocycles. The van der Waals surface area contributed by atoms with Gasteiger partial charge in [-0.2, -0.15) is 0 Å². The Morgan fingerprint density at radius 1 is 0.419 bits per heavy atom. The molecular formula is C37H74Br2Fe2O2. The van der Waals surface area contributed by atoms with Crippen LogP contribution in [0.4, 0.5) is 0 Å². The van der Waals surface area contributed by atoms with Gasteiger partial charge in [-0.15, -0.1) is 0 Å². The average Bonchev–Trinajstić information content (AvgIpc) is 3.72. The van der Waals surface area contributed by atoms with Crippen LogP contribution in [0.5, 0.6) is 0 Å². The minimum absolute atomic E-state index is 0. The Labute approximate surface area is 311 Å². The van der Waals surface area contributed by atoms with Crippen molar-refractivity contribution in [1.82, 2.24) is 0 Å². The Hall–Kier alpha value is 1.34. The molecule has 4 fully saturated rings. The van der Waals surface area contributed by atoms with Gasteiger partial charge >= 0.3 is 34.1 Å². The first kappa shape index (κ1) is 59.7. The molecule has 2 nitrogen and oxygen atoms in total. The zero-order valence-electron chi connectivity index (χ0n) is 28.2. The fourth-order valence-electron chi connectivity index (χ4n) is 5.81.